The highest BCUT2D eigenvalue weighted by molar-refractivity contribution is 7.99. The Kier molecular flexibility index (Phi) is 6.15. The van der Waals surface area contributed by atoms with Gasteiger partial charge in [0.05, 0.1) is 0 Å². The van der Waals surface area contributed by atoms with Gasteiger partial charge in [-0.1, -0.05) is 0 Å². The number of hydrogen-bond donors (Lipinski definition) is 2. The molecule has 1 rings (SSSR count). The van der Waals surface area contributed by atoms with Crippen LogP contribution >= 0.6 is 11.8 Å². The van der Waals surface area contributed by atoms with Gasteiger partial charge in [-0.2, -0.15) is 11.8 Å². The number of furan rings is 1. The van der Waals surface area contributed by atoms with Crippen LogP contribution in [0.2, 0.25) is 0 Å². The lowest BCUT2D eigenvalue weighted by atomic mass is 10.2. The van der Waals surface area contributed by atoms with Crippen molar-refractivity contribution < 1.29 is 14.3 Å². The second kappa shape index (κ2) is 7.40. The molecule has 0 bridgehead atoms. The number of nitrogens with one attached hydrogen (secondary N) is 1. The molecule has 0 spiro atoms. The summed E-state index contributed by atoms with van der Waals surface area (Å²) in [6.07, 6.45) is 0.801. The number of aliphatic hydroxyl groups excluding tert-OH is 1. The Hall–Kier alpha value is -0.940. The standard InChI is InChI=1S/C12H19NO3S/c1-9-8-10(2)16-11(9)12(15)13-4-7-17-6-3-5-14/h8,14H,3-7H2,1-2H3,(H,13,15). The number of thioether (sulfide) groups is 1. The second-order valence-electron chi connectivity index (χ2n) is 3.81. The molecule has 0 atom stereocenters. The van der Waals surface area contributed by atoms with Crippen molar-refractivity contribution in [3.8, 4) is 0 Å². The van der Waals surface area contributed by atoms with Gasteiger partial charge in [-0.05, 0) is 32.1 Å². The first-order valence-corrected chi connectivity index (χ1v) is 6.84. The molecule has 0 aromatic carbocycles. The SMILES string of the molecule is Cc1cc(C)c(C(=O)NCCSCCCO)o1. The molecule has 0 unspecified atom stereocenters. The van der Waals surface area contributed by atoms with E-state index in [1.165, 1.54) is 0 Å². The third kappa shape index (κ3) is 4.83. The molecule has 0 aliphatic carbocycles. The van der Waals surface area contributed by atoms with E-state index in [2.05, 4.69) is 5.32 Å². The minimum Gasteiger partial charge on any atom is -0.456 e. The smallest absolute Gasteiger partial charge is 0.287 e. The molecule has 0 fully saturated rings. The summed E-state index contributed by atoms with van der Waals surface area (Å²) in [7, 11) is 0. The van der Waals surface area contributed by atoms with E-state index in [1.807, 2.05) is 19.9 Å². The third-order valence-electron chi connectivity index (χ3n) is 2.23. The molecule has 96 valence electrons. The molecular weight excluding hydrogens is 238 g/mol. The summed E-state index contributed by atoms with van der Waals surface area (Å²) in [4.78, 5) is 11.7. The number of hydrogen-bond acceptors (Lipinski definition) is 4. The van der Waals surface area contributed by atoms with Crippen molar-refractivity contribution in [3.05, 3.63) is 23.2 Å². The van der Waals surface area contributed by atoms with E-state index in [-0.39, 0.29) is 12.5 Å². The summed E-state index contributed by atoms with van der Waals surface area (Å²) in [6.45, 7) is 4.54. The molecule has 1 aromatic rings. The van der Waals surface area contributed by atoms with E-state index in [9.17, 15) is 4.79 Å². The Morgan fingerprint density at radius 3 is 2.82 bits per heavy atom. The lowest BCUT2D eigenvalue weighted by Crippen LogP contribution is -2.26. The molecule has 0 aliphatic rings. The minimum atomic E-state index is -0.154. The lowest BCUT2D eigenvalue weighted by molar-refractivity contribution is 0.0926. The Balaban J connectivity index is 2.23. The van der Waals surface area contributed by atoms with Crippen molar-refractivity contribution in [3.63, 3.8) is 0 Å². The number of aliphatic hydroxyl groups is 1. The van der Waals surface area contributed by atoms with Gasteiger partial charge in [0.2, 0.25) is 0 Å². The first kappa shape index (κ1) is 14.1. The largest absolute Gasteiger partial charge is 0.456 e. The van der Waals surface area contributed by atoms with Gasteiger partial charge in [-0.15, -0.1) is 0 Å². The maximum absolute atomic E-state index is 11.7. The second-order valence-corrected chi connectivity index (χ2v) is 5.04. The molecule has 5 heteroatoms. The topological polar surface area (TPSA) is 62.5 Å². The Bertz CT molecular complexity index is 363. The van der Waals surface area contributed by atoms with Gasteiger partial charge in [0.25, 0.3) is 5.91 Å². The van der Waals surface area contributed by atoms with Crippen molar-refractivity contribution in [2.45, 2.75) is 20.3 Å². The average molecular weight is 257 g/mol. The highest BCUT2D eigenvalue weighted by Crippen LogP contribution is 2.13. The predicted octanol–water partition coefficient (Wildman–Crippen LogP) is 1.74. The Labute approximate surface area is 106 Å². The van der Waals surface area contributed by atoms with Gasteiger partial charge in [0.1, 0.15) is 5.76 Å². The number of carbonyl (C=O) groups is 1. The summed E-state index contributed by atoms with van der Waals surface area (Å²) in [5, 5.41) is 11.4. The number of rotatable bonds is 7. The summed E-state index contributed by atoms with van der Waals surface area (Å²) in [6, 6.07) is 1.85. The molecule has 0 saturated heterocycles. The van der Waals surface area contributed by atoms with E-state index >= 15 is 0 Å². The van der Waals surface area contributed by atoms with Crippen LogP contribution in [0.5, 0.6) is 0 Å². The highest BCUT2D eigenvalue weighted by atomic mass is 32.2. The van der Waals surface area contributed by atoms with Crippen LogP contribution in [0.3, 0.4) is 0 Å². The lowest BCUT2D eigenvalue weighted by Gasteiger charge is -2.03. The van der Waals surface area contributed by atoms with Crippen LogP contribution in [0.4, 0.5) is 0 Å². The molecular formula is C12H19NO3S. The van der Waals surface area contributed by atoms with Crippen LogP contribution in [0.15, 0.2) is 10.5 Å². The van der Waals surface area contributed by atoms with E-state index in [4.69, 9.17) is 9.52 Å². The average Bonchev–Trinajstić information content (AvgIpc) is 2.62. The van der Waals surface area contributed by atoms with E-state index < -0.39 is 0 Å². The van der Waals surface area contributed by atoms with E-state index in [0.717, 1.165) is 29.3 Å². The first-order chi connectivity index (χ1) is 8.15. The van der Waals surface area contributed by atoms with Crippen LogP contribution < -0.4 is 5.32 Å². The molecule has 1 aromatic heterocycles. The Morgan fingerprint density at radius 1 is 1.47 bits per heavy atom. The molecule has 4 nitrogen and oxygen atoms in total. The van der Waals surface area contributed by atoms with Crippen LogP contribution in [0.25, 0.3) is 0 Å². The number of amides is 1. The first-order valence-electron chi connectivity index (χ1n) is 5.69. The molecule has 1 amide bonds. The summed E-state index contributed by atoms with van der Waals surface area (Å²) in [5.74, 6) is 2.78. The van der Waals surface area contributed by atoms with Gasteiger partial charge in [0.15, 0.2) is 5.76 Å². The van der Waals surface area contributed by atoms with Gasteiger partial charge >= 0.3 is 0 Å². The van der Waals surface area contributed by atoms with Gasteiger partial charge in [-0.25, -0.2) is 0 Å². The van der Waals surface area contributed by atoms with Crippen LogP contribution in [0, 0.1) is 13.8 Å². The molecule has 1 heterocycles. The van der Waals surface area contributed by atoms with Crippen LogP contribution in [-0.4, -0.2) is 35.7 Å². The minimum absolute atomic E-state index is 0.154. The van der Waals surface area contributed by atoms with Crippen molar-refractivity contribution in [2.75, 3.05) is 24.7 Å². The fraction of sp³-hybridized carbons (Fsp3) is 0.583. The van der Waals surface area contributed by atoms with Crippen molar-refractivity contribution >= 4 is 17.7 Å². The third-order valence-corrected chi connectivity index (χ3v) is 3.30. The van der Waals surface area contributed by atoms with Crippen molar-refractivity contribution in [2.24, 2.45) is 0 Å². The van der Waals surface area contributed by atoms with Crippen molar-refractivity contribution in [1.29, 1.82) is 0 Å². The molecule has 2 N–H and O–H groups in total. The molecule has 0 saturated carbocycles. The zero-order valence-corrected chi connectivity index (χ0v) is 11.1. The quantitative estimate of drug-likeness (QED) is 0.730. The number of aryl methyl sites for hydroxylation is 2. The Morgan fingerprint density at radius 2 is 2.24 bits per heavy atom. The highest BCUT2D eigenvalue weighted by Gasteiger charge is 2.13. The zero-order valence-electron chi connectivity index (χ0n) is 10.3. The van der Waals surface area contributed by atoms with E-state index in [1.54, 1.807) is 11.8 Å². The molecule has 17 heavy (non-hydrogen) atoms. The summed E-state index contributed by atoms with van der Waals surface area (Å²) < 4.78 is 5.32. The van der Waals surface area contributed by atoms with Gasteiger partial charge in [-0.3, -0.25) is 4.79 Å². The predicted molar refractivity (Wildman–Crippen MR) is 69.5 cm³/mol. The van der Waals surface area contributed by atoms with Crippen molar-refractivity contribution in [1.82, 2.24) is 5.32 Å². The fourth-order valence-electron chi connectivity index (χ4n) is 1.45. The maximum Gasteiger partial charge on any atom is 0.287 e. The fourth-order valence-corrected chi connectivity index (χ4v) is 2.24. The normalized spacial score (nSPS) is 10.5. The van der Waals surface area contributed by atoms with Gasteiger partial charge in [0, 0.05) is 24.5 Å². The maximum atomic E-state index is 11.7. The summed E-state index contributed by atoms with van der Waals surface area (Å²) in [5.41, 5.74) is 0.868. The van der Waals surface area contributed by atoms with E-state index in [0.29, 0.717) is 12.3 Å². The number of carbonyl (C=O) groups excluding carboxylic acids is 1. The van der Waals surface area contributed by atoms with Crippen LogP contribution in [0.1, 0.15) is 28.3 Å². The monoisotopic (exact) mass is 257 g/mol. The van der Waals surface area contributed by atoms with Crippen LogP contribution in [-0.2, 0) is 0 Å². The summed E-state index contributed by atoms with van der Waals surface area (Å²) >= 11 is 1.72. The molecule has 0 aliphatic heterocycles. The zero-order chi connectivity index (χ0) is 12.7. The molecule has 0 radical (unpaired) electrons. The van der Waals surface area contributed by atoms with Gasteiger partial charge < -0.3 is 14.8 Å².